The van der Waals surface area contributed by atoms with E-state index in [4.69, 9.17) is 4.74 Å². The summed E-state index contributed by atoms with van der Waals surface area (Å²) in [7, 11) is 0. The van der Waals surface area contributed by atoms with E-state index in [-0.39, 0.29) is 5.97 Å². The summed E-state index contributed by atoms with van der Waals surface area (Å²) >= 11 is 0. The number of hydrogen-bond acceptors (Lipinski definition) is 3. The van der Waals surface area contributed by atoms with Gasteiger partial charge in [-0.25, -0.2) is 0 Å². The predicted octanol–water partition coefficient (Wildman–Crippen LogP) is 2.23. The topological polar surface area (TPSA) is 46.5 Å². The molecule has 0 aliphatic carbocycles. The van der Waals surface area contributed by atoms with Crippen LogP contribution in [0.25, 0.3) is 0 Å². The molecule has 3 nitrogen and oxygen atoms in total. The molecule has 0 amide bonds. The first-order valence-corrected chi connectivity index (χ1v) is 5.47. The number of rotatable bonds is 4. The van der Waals surface area contributed by atoms with Crippen LogP contribution in [-0.4, -0.2) is 17.7 Å². The van der Waals surface area contributed by atoms with Crippen LogP contribution < -0.4 is 0 Å². The minimum Gasteiger partial charge on any atom is -0.466 e. The smallest absolute Gasteiger partial charge is 0.311 e. The van der Waals surface area contributed by atoms with Crippen molar-refractivity contribution in [2.45, 2.75) is 26.9 Å². The van der Waals surface area contributed by atoms with Gasteiger partial charge in [-0.1, -0.05) is 29.8 Å². The van der Waals surface area contributed by atoms with Crippen molar-refractivity contribution in [1.82, 2.24) is 0 Å². The summed E-state index contributed by atoms with van der Waals surface area (Å²) in [5.74, 6) is -0.904. The van der Waals surface area contributed by atoms with E-state index >= 15 is 0 Å². The number of carbonyl (C=O) groups excluding carboxylic acids is 1. The maximum absolute atomic E-state index is 11.4. The molecular weight excluding hydrogens is 204 g/mol. The van der Waals surface area contributed by atoms with Gasteiger partial charge < -0.3 is 9.84 Å². The molecule has 0 radical (unpaired) electrons. The van der Waals surface area contributed by atoms with Gasteiger partial charge in [0.2, 0.25) is 0 Å². The van der Waals surface area contributed by atoms with E-state index in [1.165, 1.54) is 0 Å². The number of esters is 1. The Morgan fingerprint density at radius 3 is 2.44 bits per heavy atom. The Kier molecular flexibility index (Phi) is 4.50. The van der Waals surface area contributed by atoms with Crippen molar-refractivity contribution in [1.29, 1.82) is 0 Å². The van der Waals surface area contributed by atoms with E-state index in [1.54, 1.807) is 13.8 Å². The molecule has 1 N–H and O–H groups in total. The maximum atomic E-state index is 11.4. The molecule has 0 saturated heterocycles. The van der Waals surface area contributed by atoms with Gasteiger partial charge in [0, 0.05) is 0 Å². The number of aryl methyl sites for hydroxylation is 1. The SMILES string of the molecule is CCOC(=O)[C@@H](C)[C@H](O)c1ccc(C)cc1. The minimum atomic E-state index is -0.806. The van der Waals surface area contributed by atoms with Gasteiger partial charge in [-0.15, -0.1) is 0 Å². The number of benzene rings is 1. The van der Waals surface area contributed by atoms with Crippen LogP contribution in [0.3, 0.4) is 0 Å². The van der Waals surface area contributed by atoms with Gasteiger partial charge in [0.1, 0.15) is 0 Å². The van der Waals surface area contributed by atoms with Crippen LogP contribution in [0.1, 0.15) is 31.1 Å². The summed E-state index contributed by atoms with van der Waals surface area (Å²) < 4.78 is 4.87. The van der Waals surface area contributed by atoms with Crippen molar-refractivity contribution in [3.8, 4) is 0 Å². The monoisotopic (exact) mass is 222 g/mol. The normalized spacial score (nSPS) is 14.2. The summed E-state index contributed by atoms with van der Waals surface area (Å²) in [4.78, 5) is 11.4. The number of aliphatic hydroxyl groups is 1. The molecule has 3 heteroatoms. The molecule has 0 aliphatic rings. The van der Waals surface area contributed by atoms with E-state index in [2.05, 4.69) is 0 Å². The zero-order chi connectivity index (χ0) is 12.1. The van der Waals surface area contributed by atoms with Crippen molar-refractivity contribution >= 4 is 5.97 Å². The standard InChI is InChI=1S/C13H18O3/c1-4-16-13(15)10(3)12(14)11-7-5-9(2)6-8-11/h5-8,10,12,14H,4H2,1-3H3/t10-,12-/m0/s1. The number of aliphatic hydroxyl groups excluding tert-OH is 1. The van der Waals surface area contributed by atoms with Crippen LogP contribution >= 0.6 is 0 Å². The van der Waals surface area contributed by atoms with Gasteiger partial charge in [-0.05, 0) is 26.3 Å². The van der Waals surface area contributed by atoms with E-state index < -0.39 is 12.0 Å². The first-order valence-electron chi connectivity index (χ1n) is 5.47. The Morgan fingerprint density at radius 2 is 1.94 bits per heavy atom. The van der Waals surface area contributed by atoms with Crippen molar-refractivity contribution in [3.05, 3.63) is 35.4 Å². The quantitative estimate of drug-likeness (QED) is 0.795. The summed E-state index contributed by atoms with van der Waals surface area (Å²) in [6.45, 7) is 5.74. The van der Waals surface area contributed by atoms with Crippen molar-refractivity contribution < 1.29 is 14.6 Å². The molecule has 16 heavy (non-hydrogen) atoms. The Morgan fingerprint density at radius 1 is 1.38 bits per heavy atom. The van der Waals surface area contributed by atoms with Gasteiger partial charge >= 0.3 is 5.97 Å². The summed E-state index contributed by atoms with van der Waals surface area (Å²) in [6, 6.07) is 7.48. The fourth-order valence-corrected chi connectivity index (χ4v) is 1.45. The highest BCUT2D eigenvalue weighted by atomic mass is 16.5. The average Bonchev–Trinajstić information content (AvgIpc) is 2.28. The molecular formula is C13H18O3. The van der Waals surface area contributed by atoms with Crippen LogP contribution in [0.5, 0.6) is 0 Å². The molecule has 0 bridgehead atoms. The minimum absolute atomic E-state index is 0.337. The summed E-state index contributed by atoms with van der Waals surface area (Å²) in [6.07, 6.45) is -0.806. The third kappa shape index (κ3) is 3.07. The lowest BCUT2D eigenvalue weighted by molar-refractivity contribution is -0.151. The predicted molar refractivity (Wildman–Crippen MR) is 61.9 cm³/mol. The number of hydrogen-bond donors (Lipinski definition) is 1. The van der Waals surface area contributed by atoms with Gasteiger partial charge in [-0.3, -0.25) is 4.79 Å². The number of ether oxygens (including phenoxy) is 1. The zero-order valence-electron chi connectivity index (χ0n) is 9.93. The third-order valence-electron chi connectivity index (χ3n) is 2.55. The molecule has 0 saturated carbocycles. The van der Waals surface area contributed by atoms with Crippen molar-refractivity contribution in [2.75, 3.05) is 6.61 Å². The van der Waals surface area contributed by atoms with Crippen LogP contribution in [0.15, 0.2) is 24.3 Å². The summed E-state index contributed by atoms with van der Waals surface area (Å²) in [5.41, 5.74) is 1.87. The average molecular weight is 222 g/mol. The van der Waals surface area contributed by atoms with Gasteiger partial charge in [-0.2, -0.15) is 0 Å². The van der Waals surface area contributed by atoms with Crippen LogP contribution in [0.2, 0.25) is 0 Å². The molecule has 88 valence electrons. The van der Waals surface area contributed by atoms with Crippen LogP contribution in [-0.2, 0) is 9.53 Å². The van der Waals surface area contributed by atoms with E-state index in [9.17, 15) is 9.90 Å². The van der Waals surface area contributed by atoms with Crippen LogP contribution in [0.4, 0.5) is 0 Å². The second kappa shape index (κ2) is 5.66. The fourth-order valence-electron chi connectivity index (χ4n) is 1.45. The molecule has 1 aromatic rings. The molecule has 2 atom stereocenters. The zero-order valence-corrected chi connectivity index (χ0v) is 9.93. The molecule has 0 fully saturated rings. The molecule has 0 aliphatic heterocycles. The molecule has 0 aromatic heterocycles. The fraction of sp³-hybridized carbons (Fsp3) is 0.462. The second-order valence-corrected chi connectivity index (χ2v) is 3.90. The largest absolute Gasteiger partial charge is 0.466 e. The van der Waals surface area contributed by atoms with Gasteiger partial charge in [0.05, 0.1) is 18.6 Å². The van der Waals surface area contributed by atoms with Crippen molar-refractivity contribution in [2.24, 2.45) is 5.92 Å². The first-order chi connectivity index (χ1) is 7.56. The molecule has 0 spiro atoms. The molecule has 0 unspecified atom stereocenters. The maximum Gasteiger partial charge on any atom is 0.311 e. The van der Waals surface area contributed by atoms with E-state index in [1.807, 2.05) is 31.2 Å². The lowest BCUT2D eigenvalue weighted by Crippen LogP contribution is -2.21. The molecule has 1 rings (SSSR count). The molecule has 0 heterocycles. The Bertz CT molecular complexity index is 343. The first kappa shape index (κ1) is 12.7. The van der Waals surface area contributed by atoms with Crippen LogP contribution in [0, 0.1) is 12.8 Å². The lowest BCUT2D eigenvalue weighted by atomic mass is 9.97. The second-order valence-electron chi connectivity index (χ2n) is 3.90. The lowest BCUT2D eigenvalue weighted by Gasteiger charge is -2.17. The Balaban J connectivity index is 2.73. The number of carbonyl (C=O) groups is 1. The van der Waals surface area contributed by atoms with E-state index in [0.29, 0.717) is 6.61 Å². The van der Waals surface area contributed by atoms with Gasteiger partial charge in [0.15, 0.2) is 0 Å². The van der Waals surface area contributed by atoms with Gasteiger partial charge in [0.25, 0.3) is 0 Å². The Hall–Kier alpha value is -1.35. The Labute approximate surface area is 96.1 Å². The summed E-state index contributed by atoms with van der Waals surface area (Å²) in [5, 5.41) is 9.98. The molecule has 1 aromatic carbocycles. The van der Waals surface area contributed by atoms with E-state index in [0.717, 1.165) is 11.1 Å². The highest BCUT2D eigenvalue weighted by molar-refractivity contribution is 5.72. The highest BCUT2D eigenvalue weighted by Crippen LogP contribution is 2.23. The third-order valence-corrected chi connectivity index (χ3v) is 2.55. The highest BCUT2D eigenvalue weighted by Gasteiger charge is 2.24. The van der Waals surface area contributed by atoms with Crippen molar-refractivity contribution in [3.63, 3.8) is 0 Å².